The first-order chi connectivity index (χ1) is 8.90. The summed E-state index contributed by atoms with van der Waals surface area (Å²) in [6.07, 6.45) is -2.21. The molecule has 0 aliphatic heterocycles. The predicted molar refractivity (Wildman–Crippen MR) is 73.8 cm³/mol. The maximum atomic E-state index is 10.8. The summed E-state index contributed by atoms with van der Waals surface area (Å²) in [5.41, 5.74) is 5.85. The van der Waals surface area contributed by atoms with E-state index in [1.165, 1.54) is 13.0 Å². The Morgan fingerprint density at radius 3 is 2.68 bits per heavy atom. The fourth-order valence-corrected chi connectivity index (χ4v) is 2.05. The second-order valence-corrected chi connectivity index (χ2v) is 5.13. The molecule has 2 atom stereocenters. The number of urea groups is 1. The van der Waals surface area contributed by atoms with Crippen molar-refractivity contribution in [2.75, 3.05) is 11.1 Å². The van der Waals surface area contributed by atoms with E-state index in [1.807, 2.05) is 0 Å². The molecule has 0 aromatic heterocycles. The highest BCUT2D eigenvalue weighted by Gasteiger charge is 2.19. The molecule has 104 valence electrons. The second kappa shape index (κ2) is 7.13. The maximum Gasteiger partial charge on any atom is 0.316 e. The van der Waals surface area contributed by atoms with Crippen LogP contribution in [0.3, 0.4) is 0 Å². The lowest BCUT2D eigenvalue weighted by atomic mass is 10.0. The summed E-state index contributed by atoms with van der Waals surface area (Å²) >= 11 is 0.939. The van der Waals surface area contributed by atoms with E-state index < -0.39 is 18.2 Å². The number of nitrogens with one attached hydrogen (secondary N) is 1. The minimum absolute atomic E-state index is 0.101. The molecule has 0 fully saturated rings. The molecule has 0 bridgehead atoms. The van der Waals surface area contributed by atoms with Crippen LogP contribution in [0.25, 0.3) is 0 Å². The van der Waals surface area contributed by atoms with Crippen LogP contribution < -0.4 is 11.1 Å². The Hall–Kier alpha value is -1.57. The van der Waals surface area contributed by atoms with E-state index in [9.17, 15) is 19.8 Å². The number of carbonyl (C=O) groups excluding carboxylic acids is 2. The lowest BCUT2D eigenvalue weighted by Gasteiger charge is -2.18. The van der Waals surface area contributed by atoms with Gasteiger partial charge in [-0.2, -0.15) is 0 Å². The molecule has 2 amide bonds. The lowest BCUT2D eigenvalue weighted by molar-refractivity contribution is -0.109. The number of carbonyl (C=O) groups is 2. The minimum Gasteiger partial charge on any atom is -0.389 e. The van der Waals surface area contributed by atoms with Gasteiger partial charge in [0.25, 0.3) is 0 Å². The Balaban J connectivity index is 2.72. The highest BCUT2D eigenvalue weighted by atomic mass is 32.2. The van der Waals surface area contributed by atoms with Crippen LogP contribution in [0.5, 0.6) is 0 Å². The molecule has 19 heavy (non-hydrogen) atoms. The molecule has 1 aromatic rings. The zero-order chi connectivity index (χ0) is 14.4. The van der Waals surface area contributed by atoms with Gasteiger partial charge in [-0.15, -0.1) is 0 Å². The van der Waals surface area contributed by atoms with Gasteiger partial charge >= 0.3 is 6.03 Å². The fraction of sp³-hybridized carbons (Fsp3) is 0.333. The van der Waals surface area contributed by atoms with Crippen molar-refractivity contribution in [3.63, 3.8) is 0 Å². The van der Waals surface area contributed by atoms with Crippen molar-refractivity contribution in [3.8, 4) is 0 Å². The maximum absolute atomic E-state index is 10.8. The number of anilines is 1. The van der Waals surface area contributed by atoms with Crippen LogP contribution in [0, 0.1) is 0 Å². The van der Waals surface area contributed by atoms with Gasteiger partial charge in [0.15, 0.2) is 5.12 Å². The van der Waals surface area contributed by atoms with E-state index in [1.54, 1.807) is 18.2 Å². The third kappa shape index (κ3) is 5.29. The number of benzene rings is 1. The van der Waals surface area contributed by atoms with Crippen molar-refractivity contribution in [2.45, 2.75) is 19.1 Å². The average molecular weight is 284 g/mol. The number of primary amides is 1. The van der Waals surface area contributed by atoms with Crippen LogP contribution in [0.1, 0.15) is 18.6 Å². The number of hydrogen-bond acceptors (Lipinski definition) is 5. The molecule has 1 rings (SSSR count). The summed E-state index contributed by atoms with van der Waals surface area (Å²) in [4.78, 5) is 21.5. The van der Waals surface area contributed by atoms with E-state index in [4.69, 9.17) is 5.73 Å². The van der Waals surface area contributed by atoms with Gasteiger partial charge in [-0.05, 0) is 17.7 Å². The number of rotatable bonds is 5. The van der Waals surface area contributed by atoms with E-state index in [0.717, 1.165) is 11.8 Å². The standard InChI is InChI=1S/C12H16N2O4S/c1-7(15)19-6-10(16)11(17)8-3-2-4-9(5-8)14-12(13)18/h2-5,10-11,16-17H,6H2,1H3,(H3,13,14,18). The lowest BCUT2D eigenvalue weighted by Crippen LogP contribution is -2.22. The van der Waals surface area contributed by atoms with Crippen LogP contribution >= 0.6 is 11.8 Å². The fourth-order valence-electron chi connectivity index (χ4n) is 1.46. The van der Waals surface area contributed by atoms with E-state index in [0.29, 0.717) is 11.3 Å². The van der Waals surface area contributed by atoms with Crippen LogP contribution in [0.15, 0.2) is 24.3 Å². The number of aliphatic hydroxyl groups excluding tert-OH is 2. The first kappa shape index (κ1) is 15.5. The van der Waals surface area contributed by atoms with Gasteiger partial charge in [-0.1, -0.05) is 23.9 Å². The Morgan fingerprint density at radius 1 is 1.42 bits per heavy atom. The van der Waals surface area contributed by atoms with Crippen molar-refractivity contribution in [1.82, 2.24) is 0 Å². The van der Waals surface area contributed by atoms with E-state index in [2.05, 4.69) is 5.32 Å². The summed E-state index contributed by atoms with van der Waals surface area (Å²) in [5, 5.41) is 21.9. The number of nitrogens with two attached hydrogens (primary N) is 1. The predicted octanol–water partition coefficient (Wildman–Crippen LogP) is 0.851. The topological polar surface area (TPSA) is 113 Å². The Labute approximate surface area is 115 Å². The first-order valence-electron chi connectivity index (χ1n) is 5.56. The molecule has 0 aliphatic rings. The molecule has 0 saturated carbocycles. The molecule has 0 saturated heterocycles. The molecular weight excluding hydrogens is 268 g/mol. The summed E-state index contributed by atoms with van der Waals surface area (Å²) in [7, 11) is 0. The molecule has 6 nitrogen and oxygen atoms in total. The van der Waals surface area contributed by atoms with Crippen molar-refractivity contribution in [2.24, 2.45) is 5.73 Å². The molecular formula is C12H16N2O4S. The number of aliphatic hydroxyl groups is 2. The van der Waals surface area contributed by atoms with E-state index in [-0.39, 0.29) is 10.9 Å². The normalized spacial score (nSPS) is 13.6. The van der Waals surface area contributed by atoms with Crippen molar-refractivity contribution >= 4 is 28.6 Å². The van der Waals surface area contributed by atoms with Gasteiger partial charge in [-0.3, -0.25) is 4.79 Å². The Bertz CT molecular complexity index is 467. The number of amides is 2. The Kier molecular flexibility index (Phi) is 5.81. The average Bonchev–Trinajstić information content (AvgIpc) is 2.34. The molecule has 2 unspecified atom stereocenters. The number of thioether (sulfide) groups is 1. The van der Waals surface area contributed by atoms with Crippen molar-refractivity contribution < 1.29 is 19.8 Å². The second-order valence-electron chi connectivity index (χ2n) is 3.93. The molecule has 0 spiro atoms. The van der Waals surface area contributed by atoms with Crippen LogP contribution in [0.2, 0.25) is 0 Å². The highest BCUT2D eigenvalue weighted by molar-refractivity contribution is 8.13. The van der Waals surface area contributed by atoms with E-state index >= 15 is 0 Å². The SMILES string of the molecule is CC(=O)SCC(O)C(O)c1cccc(NC(N)=O)c1. The summed E-state index contributed by atoms with van der Waals surface area (Å²) in [6.45, 7) is 1.39. The highest BCUT2D eigenvalue weighted by Crippen LogP contribution is 2.22. The zero-order valence-electron chi connectivity index (χ0n) is 10.4. The minimum atomic E-state index is -1.14. The Morgan fingerprint density at radius 2 is 2.11 bits per heavy atom. The van der Waals surface area contributed by atoms with Gasteiger partial charge in [-0.25, -0.2) is 4.79 Å². The van der Waals surface area contributed by atoms with Gasteiger partial charge in [0.2, 0.25) is 0 Å². The number of hydrogen-bond donors (Lipinski definition) is 4. The van der Waals surface area contributed by atoms with Gasteiger partial charge in [0, 0.05) is 18.4 Å². The zero-order valence-corrected chi connectivity index (χ0v) is 11.2. The summed E-state index contributed by atoms with van der Waals surface area (Å²) < 4.78 is 0. The molecule has 0 aliphatic carbocycles. The van der Waals surface area contributed by atoms with Crippen molar-refractivity contribution in [3.05, 3.63) is 29.8 Å². The summed E-state index contributed by atoms with van der Waals surface area (Å²) in [5.74, 6) is 0.101. The quantitative estimate of drug-likeness (QED) is 0.640. The molecule has 7 heteroatoms. The van der Waals surface area contributed by atoms with Crippen LogP contribution in [-0.2, 0) is 4.79 Å². The third-order valence-corrected chi connectivity index (χ3v) is 3.23. The molecule has 5 N–H and O–H groups in total. The summed E-state index contributed by atoms with van der Waals surface area (Å²) in [6, 6.07) is 5.64. The monoisotopic (exact) mass is 284 g/mol. The van der Waals surface area contributed by atoms with Gasteiger partial charge in [0.1, 0.15) is 6.10 Å². The van der Waals surface area contributed by atoms with Gasteiger partial charge in [0.05, 0.1) is 6.10 Å². The van der Waals surface area contributed by atoms with Crippen LogP contribution in [0.4, 0.5) is 10.5 Å². The first-order valence-corrected chi connectivity index (χ1v) is 6.54. The molecule has 0 radical (unpaired) electrons. The van der Waals surface area contributed by atoms with Gasteiger partial charge < -0.3 is 21.3 Å². The molecule has 0 heterocycles. The third-order valence-electron chi connectivity index (χ3n) is 2.32. The smallest absolute Gasteiger partial charge is 0.316 e. The molecule has 1 aromatic carbocycles. The van der Waals surface area contributed by atoms with Crippen molar-refractivity contribution in [1.29, 1.82) is 0 Å². The van der Waals surface area contributed by atoms with Crippen LogP contribution in [-0.4, -0.2) is 33.2 Å². The largest absolute Gasteiger partial charge is 0.389 e.